The Balaban J connectivity index is 1.73. The van der Waals surface area contributed by atoms with Gasteiger partial charge < -0.3 is 24.6 Å². The molecule has 0 spiro atoms. The van der Waals surface area contributed by atoms with Gasteiger partial charge in [-0.2, -0.15) is 0 Å². The second kappa shape index (κ2) is 13.9. The highest BCUT2D eigenvalue weighted by atomic mass is 16.6. The molecule has 1 heterocycles. The highest BCUT2D eigenvalue weighted by Crippen LogP contribution is 2.44. The van der Waals surface area contributed by atoms with Crippen LogP contribution < -0.4 is 10.1 Å². The zero-order valence-corrected chi connectivity index (χ0v) is 25.6. The van der Waals surface area contributed by atoms with E-state index in [0.29, 0.717) is 30.2 Å². The summed E-state index contributed by atoms with van der Waals surface area (Å²) < 4.78 is 17.8. The van der Waals surface area contributed by atoms with E-state index in [1.54, 1.807) is 12.1 Å². The number of esters is 1. The lowest BCUT2D eigenvalue weighted by Crippen LogP contribution is -2.50. The van der Waals surface area contributed by atoms with E-state index in [9.17, 15) is 9.59 Å². The number of amides is 1. The summed E-state index contributed by atoms with van der Waals surface area (Å²) in [5.41, 5.74) is 1.49. The predicted molar refractivity (Wildman–Crippen MR) is 167 cm³/mol. The molecule has 0 saturated heterocycles. The zero-order chi connectivity index (χ0) is 31.0. The molecule has 2 N–H and O–H groups in total. The monoisotopic (exact) mass is 586 g/mol. The van der Waals surface area contributed by atoms with Crippen LogP contribution in [-0.2, 0) is 19.1 Å². The molecule has 8 nitrogen and oxygen atoms in total. The third-order valence-corrected chi connectivity index (χ3v) is 6.90. The minimum atomic E-state index is -1.42. The van der Waals surface area contributed by atoms with Crippen LogP contribution in [0.2, 0.25) is 0 Å². The fourth-order valence-corrected chi connectivity index (χ4v) is 4.92. The van der Waals surface area contributed by atoms with Crippen LogP contribution in [-0.4, -0.2) is 53.3 Å². The lowest BCUT2D eigenvalue weighted by atomic mass is 9.82. The van der Waals surface area contributed by atoms with Crippen LogP contribution in [0.4, 0.5) is 0 Å². The number of benzene rings is 3. The van der Waals surface area contributed by atoms with Gasteiger partial charge in [-0.1, -0.05) is 54.6 Å². The molecule has 0 bridgehead atoms. The van der Waals surface area contributed by atoms with E-state index in [1.807, 2.05) is 101 Å². The summed E-state index contributed by atoms with van der Waals surface area (Å²) in [5, 5.41) is 12.1. The van der Waals surface area contributed by atoms with Crippen molar-refractivity contribution in [3.63, 3.8) is 0 Å². The van der Waals surface area contributed by atoms with Crippen LogP contribution in [0.15, 0.2) is 83.9 Å². The third kappa shape index (κ3) is 8.23. The van der Waals surface area contributed by atoms with Crippen LogP contribution >= 0.6 is 0 Å². The van der Waals surface area contributed by atoms with Crippen molar-refractivity contribution in [2.75, 3.05) is 13.2 Å². The Morgan fingerprint density at radius 2 is 1.58 bits per heavy atom. The topological polar surface area (TPSA) is 106 Å². The third-order valence-electron chi connectivity index (χ3n) is 6.90. The van der Waals surface area contributed by atoms with Gasteiger partial charge in [0.15, 0.2) is 11.6 Å². The lowest BCUT2D eigenvalue weighted by Gasteiger charge is -2.31. The van der Waals surface area contributed by atoms with Gasteiger partial charge in [0, 0.05) is 31.1 Å². The van der Waals surface area contributed by atoms with Gasteiger partial charge in [-0.3, -0.25) is 9.59 Å². The standard InChI is InChI=1S/C35H42N2O6/c1-24(2)36-33(40)35(21-20-30(39)43-34(3,4)5)31(27-14-12-26(13-15-27)25-10-7-6-8-11-25)42-32(37-35)28-16-18-29(19-17-28)41-23-9-22-38/h6-8,10-19,24,31,38H,9,20-23H2,1-5H3,(H,36,40)/t31-,35-/m1/s1. The van der Waals surface area contributed by atoms with E-state index in [0.717, 1.165) is 16.7 Å². The minimum absolute atomic E-state index is 0.0147. The number of aliphatic hydroxyl groups excluding tert-OH is 1. The number of hydrogen-bond donors (Lipinski definition) is 2. The minimum Gasteiger partial charge on any atom is -0.494 e. The highest BCUT2D eigenvalue weighted by Gasteiger charge is 2.53. The van der Waals surface area contributed by atoms with E-state index in [-0.39, 0.29) is 31.4 Å². The number of ether oxygens (including phenoxy) is 3. The van der Waals surface area contributed by atoms with E-state index >= 15 is 0 Å². The Morgan fingerprint density at radius 1 is 0.953 bits per heavy atom. The molecule has 0 aromatic heterocycles. The van der Waals surface area contributed by atoms with Crippen LogP contribution in [0.5, 0.6) is 5.75 Å². The van der Waals surface area contributed by atoms with Crippen molar-refractivity contribution in [2.45, 2.75) is 77.2 Å². The van der Waals surface area contributed by atoms with Gasteiger partial charge in [0.2, 0.25) is 5.90 Å². The Labute approximate surface area is 254 Å². The predicted octanol–water partition coefficient (Wildman–Crippen LogP) is 6.02. The Morgan fingerprint density at radius 3 is 2.19 bits per heavy atom. The second-order valence-corrected chi connectivity index (χ2v) is 12.0. The number of nitrogens with zero attached hydrogens (tertiary/aromatic N) is 1. The van der Waals surface area contributed by atoms with Crippen LogP contribution in [0.1, 0.15) is 71.1 Å². The average Bonchev–Trinajstić information content (AvgIpc) is 3.37. The molecule has 3 aromatic rings. The van der Waals surface area contributed by atoms with Crippen LogP contribution in [0.3, 0.4) is 0 Å². The van der Waals surface area contributed by atoms with Crippen molar-refractivity contribution in [1.82, 2.24) is 5.32 Å². The molecule has 43 heavy (non-hydrogen) atoms. The van der Waals surface area contributed by atoms with Gasteiger partial charge in [-0.15, -0.1) is 0 Å². The van der Waals surface area contributed by atoms with Crippen LogP contribution in [0, 0.1) is 0 Å². The molecular weight excluding hydrogens is 544 g/mol. The Bertz CT molecular complexity index is 1400. The van der Waals surface area contributed by atoms with Crippen molar-refractivity contribution >= 4 is 17.8 Å². The normalized spacial score (nSPS) is 18.1. The van der Waals surface area contributed by atoms with Crippen molar-refractivity contribution in [3.05, 3.63) is 90.0 Å². The summed E-state index contributed by atoms with van der Waals surface area (Å²) in [4.78, 5) is 31.9. The molecule has 0 saturated carbocycles. The molecule has 0 radical (unpaired) electrons. The summed E-state index contributed by atoms with van der Waals surface area (Å²) >= 11 is 0. The molecule has 2 atom stereocenters. The van der Waals surface area contributed by atoms with Gasteiger partial charge in [0.25, 0.3) is 5.91 Å². The molecule has 1 aliphatic rings. The molecule has 0 aliphatic carbocycles. The average molecular weight is 587 g/mol. The smallest absolute Gasteiger partial charge is 0.306 e. The molecule has 228 valence electrons. The molecule has 4 rings (SSSR count). The number of aliphatic hydroxyl groups is 1. The molecule has 8 heteroatoms. The van der Waals surface area contributed by atoms with Crippen molar-refractivity contribution in [2.24, 2.45) is 4.99 Å². The molecule has 0 unspecified atom stereocenters. The SMILES string of the molecule is CC(C)NC(=O)[C@]1(CCC(=O)OC(C)(C)C)N=C(c2ccc(OCCCO)cc2)O[C@@H]1c1ccc(-c2ccccc2)cc1. The van der Waals surface area contributed by atoms with Crippen molar-refractivity contribution in [3.8, 4) is 16.9 Å². The maximum absolute atomic E-state index is 14.0. The quantitative estimate of drug-likeness (QED) is 0.199. The maximum Gasteiger partial charge on any atom is 0.306 e. The van der Waals surface area contributed by atoms with Gasteiger partial charge >= 0.3 is 5.97 Å². The molecule has 0 fully saturated rings. The molecular formula is C35H42N2O6. The van der Waals surface area contributed by atoms with Crippen molar-refractivity contribution in [1.29, 1.82) is 0 Å². The van der Waals surface area contributed by atoms with Gasteiger partial charge in [0.1, 0.15) is 11.4 Å². The molecule has 1 amide bonds. The van der Waals surface area contributed by atoms with Gasteiger partial charge in [-0.05, 0) is 82.0 Å². The first-order chi connectivity index (χ1) is 20.5. The fourth-order valence-electron chi connectivity index (χ4n) is 4.92. The summed E-state index contributed by atoms with van der Waals surface area (Å²) in [7, 11) is 0. The van der Waals surface area contributed by atoms with Gasteiger partial charge in [0.05, 0.1) is 6.61 Å². The lowest BCUT2D eigenvalue weighted by molar-refractivity contribution is -0.155. The number of carbonyl (C=O) groups excluding carboxylic acids is 2. The largest absolute Gasteiger partial charge is 0.494 e. The number of carbonyl (C=O) groups is 2. The Hall–Kier alpha value is -4.17. The van der Waals surface area contributed by atoms with E-state index in [4.69, 9.17) is 24.3 Å². The molecule has 1 aliphatic heterocycles. The highest BCUT2D eigenvalue weighted by molar-refractivity contribution is 6.01. The number of nitrogens with one attached hydrogen (secondary N) is 1. The first-order valence-electron chi connectivity index (χ1n) is 14.8. The summed E-state index contributed by atoms with van der Waals surface area (Å²) in [5.74, 6) is 0.234. The first kappa shape index (κ1) is 31.8. The fraction of sp³-hybridized carbons (Fsp3) is 0.400. The zero-order valence-electron chi connectivity index (χ0n) is 25.6. The van der Waals surface area contributed by atoms with E-state index in [2.05, 4.69) is 5.32 Å². The summed E-state index contributed by atoms with van der Waals surface area (Å²) in [6.07, 6.45) is -0.168. The summed E-state index contributed by atoms with van der Waals surface area (Å²) in [6, 6.07) is 25.1. The second-order valence-electron chi connectivity index (χ2n) is 12.0. The Kier molecular flexibility index (Phi) is 10.2. The first-order valence-corrected chi connectivity index (χ1v) is 14.8. The number of aliphatic imine (C=N–C) groups is 1. The van der Waals surface area contributed by atoms with Crippen LogP contribution in [0.25, 0.3) is 11.1 Å². The molecule has 3 aromatic carbocycles. The van der Waals surface area contributed by atoms with Crippen molar-refractivity contribution < 1.29 is 28.9 Å². The maximum atomic E-state index is 14.0. The van der Waals surface area contributed by atoms with Gasteiger partial charge in [-0.25, -0.2) is 4.99 Å². The number of hydrogen-bond acceptors (Lipinski definition) is 7. The van der Waals surface area contributed by atoms with E-state index in [1.165, 1.54) is 0 Å². The number of rotatable bonds is 12. The summed E-state index contributed by atoms with van der Waals surface area (Å²) in [6.45, 7) is 9.68. The van der Waals surface area contributed by atoms with E-state index < -0.39 is 23.2 Å².